The molecule has 0 rings (SSSR count). The van der Waals surface area contributed by atoms with Crippen LogP contribution in [0, 0.1) is 0 Å². The first-order valence-corrected chi connectivity index (χ1v) is 4.31. The first-order valence-electron chi connectivity index (χ1n) is 3.02. The summed E-state index contributed by atoms with van der Waals surface area (Å²) in [4.78, 5) is 0. The molecule has 0 aromatic rings. The van der Waals surface area contributed by atoms with Crippen molar-refractivity contribution in [2.75, 3.05) is 19.8 Å². The summed E-state index contributed by atoms with van der Waals surface area (Å²) in [5.41, 5.74) is 0. The lowest BCUT2D eigenvalue weighted by Crippen LogP contribution is -2.19. The Hall–Kier alpha value is 0.310. The van der Waals surface area contributed by atoms with Crippen molar-refractivity contribution in [2.45, 2.75) is 18.6 Å². The number of hydrogen-bond acceptors (Lipinski definition) is 2. The quantitative estimate of drug-likeness (QED) is 0.621. The molecule has 50 valence electrons. The van der Waals surface area contributed by atoms with E-state index in [1.54, 1.807) is 0 Å². The summed E-state index contributed by atoms with van der Waals surface area (Å²) in [5, 5.41) is 3.95. The van der Waals surface area contributed by atoms with E-state index in [-0.39, 0.29) is 0 Å². The molecule has 0 aromatic heterocycles. The van der Waals surface area contributed by atoms with Crippen LogP contribution in [0.15, 0.2) is 0 Å². The predicted molar refractivity (Wildman–Crippen MR) is 41.5 cm³/mol. The molecule has 0 aromatic carbocycles. The highest BCUT2D eigenvalue weighted by atomic mass is 32.2. The molecule has 2 heteroatoms. The highest BCUT2D eigenvalue weighted by Crippen LogP contribution is 2.07. The fraction of sp³-hybridized carbons (Fsp3) is 1.00. The van der Waals surface area contributed by atoms with Crippen LogP contribution in [0.1, 0.15) is 13.3 Å². The monoisotopic (exact) mass is 133 g/mol. The molecule has 1 nitrogen and oxygen atoms in total. The first kappa shape index (κ1) is 8.31. The molecule has 8 heavy (non-hydrogen) atoms. The van der Waals surface area contributed by atoms with Gasteiger partial charge in [0, 0.05) is 11.8 Å². The molecule has 0 saturated heterocycles. The third-order valence-corrected chi connectivity index (χ3v) is 2.39. The normalized spacial score (nSPS) is 13.9. The minimum atomic E-state index is 0.806. The molecule has 0 saturated carbocycles. The maximum Gasteiger partial charge on any atom is 0.0166 e. The zero-order valence-electron chi connectivity index (χ0n) is 5.90. The van der Waals surface area contributed by atoms with Gasteiger partial charge in [0.1, 0.15) is 0 Å². The summed E-state index contributed by atoms with van der Waals surface area (Å²) >= 11 is 1.93. The lowest BCUT2D eigenvalue weighted by atomic mass is 10.3. The third-order valence-electron chi connectivity index (χ3n) is 1.22. The van der Waals surface area contributed by atoms with E-state index in [2.05, 4.69) is 18.5 Å². The number of thioether (sulfide) groups is 1. The van der Waals surface area contributed by atoms with Gasteiger partial charge in [0.2, 0.25) is 0 Å². The van der Waals surface area contributed by atoms with Gasteiger partial charge in [-0.05, 0) is 19.7 Å². The summed E-state index contributed by atoms with van der Waals surface area (Å²) in [6.45, 7) is 3.36. The van der Waals surface area contributed by atoms with Crippen LogP contribution in [0.4, 0.5) is 0 Å². The van der Waals surface area contributed by atoms with Crippen molar-refractivity contribution in [2.24, 2.45) is 0 Å². The Bertz CT molecular complexity index is 43.8. The second-order valence-corrected chi connectivity index (χ2v) is 2.96. The second-order valence-electron chi connectivity index (χ2n) is 1.82. The molecule has 0 radical (unpaired) electrons. The van der Waals surface area contributed by atoms with E-state index in [1.807, 2.05) is 18.8 Å². The maximum absolute atomic E-state index is 3.15. The Balaban J connectivity index is 3.07. The standard InChI is InChI=1S/C6H15NS/c1-4-6(8-3)5-7-2/h6-7H,4-5H2,1-3H3. The van der Waals surface area contributed by atoms with Crippen molar-refractivity contribution in [1.29, 1.82) is 0 Å². The first-order chi connectivity index (χ1) is 3.85. The van der Waals surface area contributed by atoms with Crippen LogP contribution in [-0.2, 0) is 0 Å². The van der Waals surface area contributed by atoms with Crippen molar-refractivity contribution in [3.63, 3.8) is 0 Å². The minimum Gasteiger partial charge on any atom is -0.319 e. The van der Waals surface area contributed by atoms with E-state index < -0.39 is 0 Å². The van der Waals surface area contributed by atoms with Crippen LogP contribution in [0.25, 0.3) is 0 Å². The lowest BCUT2D eigenvalue weighted by molar-refractivity contribution is 0.727. The molecule has 1 N–H and O–H groups in total. The molecule has 0 spiro atoms. The molecular formula is C6H15NS. The number of hydrogen-bond donors (Lipinski definition) is 1. The summed E-state index contributed by atoms with van der Waals surface area (Å²) in [6, 6.07) is 0. The van der Waals surface area contributed by atoms with Crippen LogP contribution >= 0.6 is 11.8 Å². The van der Waals surface area contributed by atoms with Crippen molar-refractivity contribution in [3.8, 4) is 0 Å². The lowest BCUT2D eigenvalue weighted by Gasteiger charge is -2.08. The van der Waals surface area contributed by atoms with E-state index in [0.29, 0.717) is 0 Å². The zero-order valence-corrected chi connectivity index (χ0v) is 6.72. The largest absolute Gasteiger partial charge is 0.319 e. The summed E-state index contributed by atoms with van der Waals surface area (Å²) in [6.07, 6.45) is 3.42. The van der Waals surface area contributed by atoms with E-state index in [4.69, 9.17) is 0 Å². The third kappa shape index (κ3) is 3.33. The van der Waals surface area contributed by atoms with Crippen LogP contribution < -0.4 is 5.32 Å². The van der Waals surface area contributed by atoms with Gasteiger partial charge < -0.3 is 5.32 Å². The molecule has 1 atom stereocenters. The van der Waals surface area contributed by atoms with Crippen molar-refractivity contribution in [1.82, 2.24) is 5.32 Å². The van der Waals surface area contributed by atoms with E-state index in [9.17, 15) is 0 Å². The van der Waals surface area contributed by atoms with E-state index in [1.165, 1.54) is 6.42 Å². The average Bonchev–Trinajstić information content (AvgIpc) is 1.83. The van der Waals surface area contributed by atoms with E-state index >= 15 is 0 Å². The van der Waals surface area contributed by atoms with Gasteiger partial charge in [-0.3, -0.25) is 0 Å². The molecule has 0 bridgehead atoms. The smallest absolute Gasteiger partial charge is 0.0166 e. The molecule has 0 amide bonds. The topological polar surface area (TPSA) is 12.0 Å². The molecule has 0 aliphatic rings. The second kappa shape index (κ2) is 5.45. The SMILES string of the molecule is CCC(CNC)SC. The zero-order chi connectivity index (χ0) is 6.41. The van der Waals surface area contributed by atoms with Crippen molar-refractivity contribution in [3.05, 3.63) is 0 Å². The molecular weight excluding hydrogens is 118 g/mol. The van der Waals surface area contributed by atoms with Crippen LogP contribution in [0.2, 0.25) is 0 Å². The van der Waals surface area contributed by atoms with Gasteiger partial charge in [-0.2, -0.15) is 11.8 Å². The Morgan fingerprint density at radius 2 is 2.25 bits per heavy atom. The van der Waals surface area contributed by atoms with Gasteiger partial charge in [0.15, 0.2) is 0 Å². The van der Waals surface area contributed by atoms with Gasteiger partial charge in [-0.25, -0.2) is 0 Å². The van der Waals surface area contributed by atoms with Gasteiger partial charge in [-0.1, -0.05) is 6.92 Å². The fourth-order valence-corrected chi connectivity index (χ4v) is 1.29. The molecule has 0 heterocycles. The van der Waals surface area contributed by atoms with Gasteiger partial charge >= 0.3 is 0 Å². The number of nitrogens with one attached hydrogen (secondary N) is 1. The van der Waals surface area contributed by atoms with Crippen LogP contribution in [0.5, 0.6) is 0 Å². The van der Waals surface area contributed by atoms with Crippen molar-refractivity contribution < 1.29 is 0 Å². The Kier molecular flexibility index (Phi) is 5.66. The molecule has 1 unspecified atom stereocenters. The predicted octanol–water partition coefficient (Wildman–Crippen LogP) is 1.35. The summed E-state index contributed by atoms with van der Waals surface area (Å²) in [7, 11) is 2.00. The summed E-state index contributed by atoms with van der Waals surface area (Å²) < 4.78 is 0. The van der Waals surface area contributed by atoms with E-state index in [0.717, 1.165) is 11.8 Å². The van der Waals surface area contributed by atoms with Crippen LogP contribution in [-0.4, -0.2) is 25.1 Å². The minimum absolute atomic E-state index is 0.806. The molecule has 0 fully saturated rings. The Morgan fingerprint density at radius 1 is 1.62 bits per heavy atom. The fourth-order valence-electron chi connectivity index (χ4n) is 0.622. The molecule has 0 aliphatic carbocycles. The Morgan fingerprint density at radius 3 is 2.38 bits per heavy atom. The van der Waals surface area contributed by atoms with Gasteiger partial charge in [-0.15, -0.1) is 0 Å². The summed E-state index contributed by atoms with van der Waals surface area (Å²) in [5.74, 6) is 0. The number of rotatable bonds is 4. The molecule has 0 aliphatic heterocycles. The maximum atomic E-state index is 3.15. The highest BCUT2D eigenvalue weighted by Gasteiger charge is 1.98. The van der Waals surface area contributed by atoms with Crippen LogP contribution in [0.3, 0.4) is 0 Å². The Labute approximate surface area is 56.2 Å². The average molecular weight is 133 g/mol. The van der Waals surface area contributed by atoms with Gasteiger partial charge in [0.05, 0.1) is 0 Å². The van der Waals surface area contributed by atoms with Gasteiger partial charge in [0.25, 0.3) is 0 Å². The highest BCUT2D eigenvalue weighted by molar-refractivity contribution is 7.99. The van der Waals surface area contributed by atoms with Crippen molar-refractivity contribution >= 4 is 11.8 Å².